The standard InChI is InChI=1S/C22H30N6O4/c1-3-26-21(31)27(24-23-26)16-15-25-13-11-22(12-14-25,20(30)32-2)28(19(29)17-9-10-17)18-7-5-4-6-8-18/h4-8,17H,3,9-16H2,1-2H3. The maximum atomic E-state index is 13.3. The van der Waals surface area contributed by atoms with E-state index in [2.05, 4.69) is 15.3 Å². The lowest BCUT2D eigenvalue weighted by molar-refractivity contribution is -0.151. The number of hydrogen-bond acceptors (Lipinski definition) is 7. The van der Waals surface area contributed by atoms with Crippen molar-refractivity contribution < 1.29 is 14.3 Å². The Hall–Kier alpha value is -3.01. The van der Waals surface area contributed by atoms with Gasteiger partial charge in [-0.1, -0.05) is 18.2 Å². The van der Waals surface area contributed by atoms with Crippen molar-refractivity contribution in [3.05, 3.63) is 40.8 Å². The lowest BCUT2D eigenvalue weighted by atomic mass is 9.84. The molecule has 4 rings (SSSR count). The summed E-state index contributed by atoms with van der Waals surface area (Å²) in [5.74, 6) is -0.405. The first-order chi connectivity index (χ1) is 15.5. The normalized spacial score (nSPS) is 18.3. The number of aromatic nitrogens is 4. The molecule has 10 nitrogen and oxygen atoms in total. The fourth-order valence-electron chi connectivity index (χ4n) is 4.41. The highest BCUT2D eigenvalue weighted by Gasteiger charge is 2.52. The molecule has 2 aromatic rings. The number of piperidine rings is 1. The molecule has 1 aliphatic carbocycles. The number of hydrogen-bond donors (Lipinski definition) is 0. The zero-order valence-electron chi connectivity index (χ0n) is 18.6. The summed E-state index contributed by atoms with van der Waals surface area (Å²) in [6.45, 7) is 4.57. The maximum absolute atomic E-state index is 13.3. The molecule has 172 valence electrons. The van der Waals surface area contributed by atoms with Crippen molar-refractivity contribution in [2.75, 3.05) is 31.6 Å². The summed E-state index contributed by atoms with van der Waals surface area (Å²) in [5, 5.41) is 7.77. The number of methoxy groups -OCH3 is 1. The number of aryl methyl sites for hydroxylation is 1. The van der Waals surface area contributed by atoms with Crippen LogP contribution in [-0.4, -0.2) is 68.8 Å². The van der Waals surface area contributed by atoms with E-state index in [-0.39, 0.29) is 23.5 Å². The van der Waals surface area contributed by atoms with E-state index in [4.69, 9.17) is 4.74 Å². The smallest absolute Gasteiger partial charge is 0.363 e. The first-order valence-corrected chi connectivity index (χ1v) is 11.2. The summed E-state index contributed by atoms with van der Waals surface area (Å²) in [6, 6.07) is 9.41. The minimum absolute atomic E-state index is 0.00205. The molecule has 0 spiro atoms. The average Bonchev–Trinajstić information content (AvgIpc) is 3.62. The number of para-hydroxylation sites is 1. The van der Waals surface area contributed by atoms with Crippen LogP contribution in [0.5, 0.6) is 0 Å². The second-order valence-corrected chi connectivity index (χ2v) is 8.45. The highest BCUT2D eigenvalue weighted by atomic mass is 16.5. The number of carbonyl (C=O) groups excluding carboxylic acids is 2. The first kappa shape index (κ1) is 22.2. The van der Waals surface area contributed by atoms with Gasteiger partial charge in [-0.25, -0.2) is 9.59 Å². The minimum Gasteiger partial charge on any atom is -0.467 e. The van der Waals surface area contributed by atoms with Crippen LogP contribution in [0.3, 0.4) is 0 Å². The summed E-state index contributed by atoms with van der Waals surface area (Å²) < 4.78 is 7.90. The molecule has 2 aliphatic rings. The van der Waals surface area contributed by atoms with Crippen molar-refractivity contribution in [1.82, 2.24) is 24.7 Å². The SMILES string of the molecule is CCn1nnn(CCN2CCC(C(=O)OC)(N(C(=O)C3CC3)c3ccccc3)CC2)c1=O. The van der Waals surface area contributed by atoms with Crippen LogP contribution in [0.4, 0.5) is 5.69 Å². The minimum atomic E-state index is -1.03. The molecular formula is C22H30N6O4. The summed E-state index contributed by atoms with van der Waals surface area (Å²) in [6.07, 6.45) is 2.64. The number of amides is 1. The second-order valence-electron chi connectivity index (χ2n) is 8.45. The third kappa shape index (κ3) is 4.19. The molecule has 0 unspecified atom stereocenters. The van der Waals surface area contributed by atoms with Gasteiger partial charge in [0.25, 0.3) is 0 Å². The molecule has 1 aliphatic heterocycles. The Morgan fingerprint density at radius 2 is 1.75 bits per heavy atom. The highest BCUT2D eigenvalue weighted by molar-refractivity contribution is 6.04. The topological polar surface area (TPSA) is 103 Å². The molecule has 1 amide bonds. The van der Waals surface area contributed by atoms with E-state index in [0.29, 0.717) is 45.6 Å². The fraction of sp³-hybridized carbons (Fsp3) is 0.591. The Morgan fingerprint density at radius 1 is 1.09 bits per heavy atom. The molecule has 2 fully saturated rings. The Bertz CT molecular complexity index is 1000. The van der Waals surface area contributed by atoms with Crippen molar-refractivity contribution in [3.8, 4) is 0 Å². The van der Waals surface area contributed by atoms with Crippen LogP contribution in [0.1, 0.15) is 32.6 Å². The molecule has 10 heteroatoms. The van der Waals surface area contributed by atoms with Crippen LogP contribution < -0.4 is 10.6 Å². The van der Waals surface area contributed by atoms with Gasteiger partial charge in [-0.05, 0) is 55.2 Å². The Kier molecular flexibility index (Phi) is 6.40. The molecule has 32 heavy (non-hydrogen) atoms. The third-order valence-corrected chi connectivity index (χ3v) is 6.46. The molecule has 0 radical (unpaired) electrons. The van der Waals surface area contributed by atoms with Crippen molar-refractivity contribution in [3.63, 3.8) is 0 Å². The van der Waals surface area contributed by atoms with E-state index in [0.717, 1.165) is 18.5 Å². The van der Waals surface area contributed by atoms with E-state index in [1.165, 1.54) is 16.5 Å². The van der Waals surface area contributed by atoms with Crippen LogP contribution >= 0.6 is 0 Å². The van der Waals surface area contributed by atoms with Crippen molar-refractivity contribution in [1.29, 1.82) is 0 Å². The summed E-state index contributed by atoms with van der Waals surface area (Å²) in [5.41, 5.74) is -0.529. The lowest BCUT2D eigenvalue weighted by Crippen LogP contribution is -2.63. The van der Waals surface area contributed by atoms with Gasteiger partial charge in [0.15, 0.2) is 0 Å². The highest BCUT2D eigenvalue weighted by Crippen LogP contribution is 2.40. The number of nitrogens with zero attached hydrogens (tertiary/aromatic N) is 6. The number of ether oxygens (including phenoxy) is 1. The zero-order valence-corrected chi connectivity index (χ0v) is 18.6. The van der Waals surface area contributed by atoms with E-state index in [9.17, 15) is 14.4 Å². The quantitative estimate of drug-likeness (QED) is 0.560. The number of benzene rings is 1. The average molecular weight is 443 g/mol. The number of esters is 1. The molecule has 1 saturated carbocycles. The largest absolute Gasteiger partial charge is 0.467 e. The van der Waals surface area contributed by atoms with Crippen molar-refractivity contribution >= 4 is 17.6 Å². The fourth-order valence-corrected chi connectivity index (χ4v) is 4.41. The van der Waals surface area contributed by atoms with Gasteiger partial charge >= 0.3 is 11.7 Å². The van der Waals surface area contributed by atoms with Gasteiger partial charge in [0.2, 0.25) is 5.91 Å². The van der Waals surface area contributed by atoms with Crippen LogP contribution in [0.15, 0.2) is 35.1 Å². The van der Waals surface area contributed by atoms with E-state index < -0.39 is 5.54 Å². The lowest BCUT2D eigenvalue weighted by Gasteiger charge is -2.46. The number of anilines is 1. The summed E-state index contributed by atoms with van der Waals surface area (Å²) in [7, 11) is 1.38. The van der Waals surface area contributed by atoms with Gasteiger partial charge in [0, 0.05) is 37.8 Å². The molecule has 1 aromatic carbocycles. The van der Waals surface area contributed by atoms with Gasteiger partial charge in [0.1, 0.15) is 5.54 Å². The van der Waals surface area contributed by atoms with E-state index in [1.54, 1.807) is 4.90 Å². The molecule has 0 N–H and O–H groups in total. The second kappa shape index (κ2) is 9.23. The molecular weight excluding hydrogens is 412 g/mol. The number of likely N-dealkylation sites (tertiary alicyclic amines) is 1. The van der Waals surface area contributed by atoms with Crippen LogP contribution in [0.2, 0.25) is 0 Å². The molecule has 0 atom stereocenters. The molecule has 1 aromatic heterocycles. The zero-order chi connectivity index (χ0) is 22.7. The van der Waals surface area contributed by atoms with Crippen molar-refractivity contribution in [2.24, 2.45) is 5.92 Å². The summed E-state index contributed by atoms with van der Waals surface area (Å²) >= 11 is 0. The van der Waals surface area contributed by atoms with E-state index >= 15 is 0 Å². The first-order valence-electron chi connectivity index (χ1n) is 11.2. The Morgan fingerprint density at radius 3 is 2.31 bits per heavy atom. The monoisotopic (exact) mass is 442 g/mol. The van der Waals surface area contributed by atoms with Gasteiger partial charge in [-0.15, -0.1) is 0 Å². The molecule has 2 heterocycles. The Labute approximate surface area is 186 Å². The van der Waals surface area contributed by atoms with Crippen LogP contribution in [0, 0.1) is 5.92 Å². The van der Waals surface area contributed by atoms with Crippen LogP contribution in [-0.2, 0) is 27.4 Å². The predicted molar refractivity (Wildman–Crippen MR) is 117 cm³/mol. The maximum Gasteiger partial charge on any atom is 0.363 e. The van der Waals surface area contributed by atoms with Crippen molar-refractivity contribution in [2.45, 2.75) is 51.2 Å². The molecule has 0 bridgehead atoms. The third-order valence-electron chi connectivity index (χ3n) is 6.46. The Balaban J connectivity index is 1.52. The van der Waals surface area contributed by atoms with Gasteiger partial charge < -0.3 is 9.64 Å². The van der Waals surface area contributed by atoms with Gasteiger partial charge in [0.05, 0.1) is 13.7 Å². The molecule has 1 saturated heterocycles. The summed E-state index contributed by atoms with van der Waals surface area (Å²) in [4.78, 5) is 42.5. The van der Waals surface area contributed by atoms with Crippen LogP contribution in [0.25, 0.3) is 0 Å². The number of rotatable bonds is 8. The van der Waals surface area contributed by atoms with Gasteiger partial charge in [-0.2, -0.15) is 9.36 Å². The van der Waals surface area contributed by atoms with Gasteiger partial charge in [-0.3, -0.25) is 9.69 Å². The predicted octanol–water partition coefficient (Wildman–Crippen LogP) is 0.911. The number of carbonyl (C=O) groups is 2. The van der Waals surface area contributed by atoms with E-state index in [1.807, 2.05) is 37.3 Å². The number of tetrazole rings is 1.